The molecule has 1 nitrogen and oxygen atoms in total. The van der Waals surface area contributed by atoms with Crippen molar-refractivity contribution >= 4 is 12.6 Å². The summed E-state index contributed by atoms with van der Waals surface area (Å²) in [5.74, 6) is 0.899. The van der Waals surface area contributed by atoms with Crippen LogP contribution in [0, 0.1) is 5.92 Å². The quantitative estimate of drug-likeness (QED) is 0.672. The molecule has 92 valence electrons. The van der Waals surface area contributed by atoms with Crippen LogP contribution in [-0.2, 0) is 0 Å². The first-order valence-corrected chi connectivity index (χ1v) is 5.96. The molecule has 0 heterocycles. The molecule has 0 fully saturated rings. The van der Waals surface area contributed by atoms with E-state index < -0.39 is 12.7 Å². The average molecular weight is 243 g/mol. The highest BCUT2D eigenvalue weighted by atomic mass is 32.1. The van der Waals surface area contributed by atoms with E-state index in [9.17, 15) is 13.2 Å². The van der Waals surface area contributed by atoms with Gasteiger partial charge in [-0.15, -0.1) is 0 Å². The van der Waals surface area contributed by atoms with Gasteiger partial charge in [-0.25, -0.2) is 0 Å². The lowest BCUT2D eigenvalue weighted by atomic mass is 10.1. The molecular weight excluding hydrogens is 223 g/mol. The van der Waals surface area contributed by atoms with Crippen molar-refractivity contribution in [2.45, 2.75) is 32.9 Å². The fraction of sp³-hybridized carbons (Fsp3) is 1.00. The molecule has 0 aliphatic heterocycles. The monoisotopic (exact) mass is 243 g/mol. The van der Waals surface area contributed by atoms with E-state index in [0.717, 1.165) is 12.8 Å². The van der Waals surface area contributed by atoms with Gasteiger partial charge in [-0.05, 0) is 24.6 Å². The number of thiol groups is 1. The van der Waals surface area contributed by atoms with E-state index in [1.54, 1.807) is 0 Å². The molecule has 0 amide bonds. The maximum atomic E-state index is 12.2. The molecule has 1 atom stereocenters. The third-order valence-corrected chi connectivity index (χ3v) is 2.81. The maximum absolute atomic E-state index is 12.2. The molecule has 0 aromatic heterocycles. The Labute approximate surface area is 95.4 Å². The van der Waals surface area contributed by atoms with Crippen LogP contribution in [0.25, 0.3) is 0 Å². The second-order valence-corrected chi connectivity index (χ2v) is 4.17. The number of hydrogen-bond donors (Lipinski definition) is 1. The molecule has 0 rings (SSSR count). The SMILES string of the molecule is CCCN(CC(CC)CS)CC(F)(F)F. The molecule has 0 saturated carbocycles. The van der Waals surface area contributed by atoms with Gasteiger partial charge in [-0.2, -0.15) is 25.8 Å². The summed E-state index contributed by atoms with van der Waals surface area (Å²) in [7, 11) is 0. The van der Waals surface area contributed by atoms with Crippen LogP contribution in [0.3, 0.4) is 0 Å². The largest absolute Gasteiger partial charge is 0.401 e. The van der Waals surface area contributed by atoms with Crippen LogP contribution in [0.5, 0.6) is 0 Å². The van der Waals surface area contributed by atoms with E-state index in [4.69, 9.17) is 0 Å². The number of alkyl halides is 3. The summed E-state index contributed by atoms with van der Waals surface area (Å²) in [6.07, 6.45) is -2.47. The van der Waals surface area contributed by atoms with Crippen molar-refractivity contribution in [1.29, 1.82) is 0 Å². The lowest BCUT2D eigenvalue weighted by molar-refractivity contribution is -0.147. The van der Waals surface area contributed by atoms with Crippen LogP contribution in [0.15, 0.2) is 0 Å². The zero-order valence-corrected chi connectivity index (χ0v) is 10.2. The number of rotatable bonds is 7. The summed E-state index contributed by atoms with van der Waals surface area (Å²) in [6, 6.07) is 0. The van der Waals surface area contributed by atoms with Crippen molar-refractivity contribution < 1.29 is 13.2 Å². The van der Waals surface area contributed by atoms with Gasteiger partial charge in [-0.1, -0.05) is 20.3 Å². The summed E-state index contributed by atoms with van der Waals surface area (Å²) in [5, 5.41) is 0. The molecule has 15 heavy (non-hydrogen) atoms. The van der Waals surface area contributed by atoms with Crippen LogP contribution < -0.4 is 0 Å². The van der Waals surface area contributed by atoms with Gasteiger partial charge in [0.25, 0.3) is 0 Å². The van der Waals surface area contributed by atoms with E-state index in [1.807, 2.05) is 13.8 Å². The molecule has 0 saturated heterocycles. The Balaban J connectivity index is 4.14. The second-order valence-electron chi connectivity index (χ2n) is 3.81. The fourth-order valence-electron chi connectivity index (χ4n) is 1.49. The first kappa shape index (κ1) is 15.1. The van der Waals surface area contributed by atoms with E-state index in [-0.39, 0.29) is 5.92 Å². The average Bonchev–Trinajstić information content (AvgIpc) is 2.11. The van der Waals surface area contributed by atoms with E-state index in [1.165, 1.54) is 4.90 Å². The molecule has 0 aliphatic carbocycles. The van der Waals surface area contributed by atoms with Gasteiger partial charge in [0.05, 0.1) is 6.54 Å². The molecule has 0 bridgehead atoms. The van der Waals surface area contributed by atoms with Gasteiger partial charge in [-0.3, -0.25) is 4.90 Å². The Morgan fingerprint density at radius 2 is 1.87 bits per heavy atom. The first-order chi connectivity index (χ1) is 6.92. The van der Waals surface area contributed by atoms with Crippen molar-refractivity contribution in [2.75, 3.05) is 25.4 Å². The zero-order chi connectivity index (χ0) is 11.9. The lowest BCUT2D eigenvalue weighted by Gasteiger charge is -2.26. The molecule has 1 unspecified atom stereocenters. The Kier molecular flexibility index (Phi) is 7.44. The maximum Gasteiger partial charge on any atom is 0.401 e. The number of halogens is 3. The number of hydrogen-bond acceptors (Lipinski definition) is 2. The molecular formula is C10H20F3NS. The topological polar surface area (TPSA) is 3.24 Å². The fourth-order valence-corrected chi connectivity index (χ4v) is 1.86. The van der Waals surface area contributed by atoms with Crippen LogP contribution in [-0.4, -0.2) is 36.5 Å². The highest BCUT2D eigenvalue weighted by molar-refractivity contribution is 7.80. The Hall–Kier alpha value is 0.100. The predicted molar refractivity (Wildman–Crippen MR) is 60.4 cm³/mol. The molecule has 5 heteroatoms. The van der Waals surface area contributed by atoms with Crippen molar-refractivity contribution in [3.05, 3.63) is 0 Å². The standard InChI is InChI=1S/C10H20F3NS/c1-3-5-14(8-10(11,12)13)6-9(4-2)7-15/h9,15H,3-8H2,1-2H3. The minimum absolute atomic E-state index is 0.252. The lowest BCUT2D eigenvalue weighted by Crippen LogP contribution is -2.38. The highest BCUT2D eigenvalue weighted by Crippen LogP contribution is 2.18. The van der Waals surface area contributed by atoms with Crippen molar-refractivity contribution in [3.8, 4) is 0 Å². The molecule has 0 radical (unpaired) electrons. The van der Waals surface area contributed by atoms with E-state index in [2.05, 4.69) is 12.6 Å². The first-order valence-electron chi connectivity index (χ1n) is 5.32. The van der Waals surface area contributed by atoms with Crippen molar-refractivity contribution in [2.24, 2.45) is 5.92 Å². The Bertz CT molecular complexity index is 157. The summed E-state index contributed by atoms with van der Waals surface area (Å²) < 4.78 is 36.7. The zero-order valence-electron chi connectivity index (χ0n) is 9.35. The summed E-state index contributed by atoms with van der Waals surface area (Å²) >= 11 is 4.14. The molecule has 0 spiro atoms. The second kappa shape index (κ2) is 7.39. The van der Waals surface area contributed by atoms with Crippen LogP contribution in [0.2, 0.25) is 0 Å². The van der Waals surface area contributed by atoms with Gasteiger partial charge in [0.15, 0.2) is 0 Å². The molecule has 0 aromatic carbocycles. The van der Waals surface area contributed by atoms with Gasteiger partial charge in [0.1, 0.15) is 0 Å². The predicted octanol–water partition coefficient (Wildman–Crippen LogP) is 3.22. The van der Waals surface area contributed by atoms with Gasteiger partial charge in [0, 0.05) is 6.54 Å². The van der Waals surface area contributed by atoms with Crippen molar-refractivity contribution in [1.82, 2.24) is 4.90 Å². The van der Waals surface area contributed by atoms with E-state index in [0.29, 0.717) is 18.8 Å². The minimum atomic E-state index is -4.09. The molecule has 0 aromatic rings. The third kappa shape index (κ3) is 7.96. The minimum Gasteiger partial charge on any atom is -0.295 e. The van der Waals surface area contributed by atoms with Crippen molar-refractivity contribution in [3.63, 3.8) is 0 Å². The van der Waals surface area contributed by atoms with Gasteiger partial charge in [0.2, 0.25) is 0 Å². The third-order valence-electron chi connectivity index (χ3n) is 2.29. The summed E-state index contributed by atoms with van der Waals surface area (Å²) in [6.45, 7) is 4.08. The molecule has 0 N–H and O–H groups in total. The smallest absolute Gasteiger partial charge is 0.295 e. The Morgan fingerprint density at radius 1 is 1.27 bits per heavy atom. The normalized spacial score (nSPS) is 14.6. The highest BCUT2D eigenvalue weighted by Gasteiger charge is 2.30. The van der Waals surface area contributed by atoms with Crippen LogP contribution in [0.4, 0.5) is 13.2 Å². The molecule has 0 aliphatic rings. The Morgan fingerprint density at radius 3 is 2.20 bits per heavy atom. The summed E-state index contributed by atoms with van der Waals surface area (Å²) in [4.78, 5) is 1.48. The summed E-state index contributed by atoms with van der Waals surface area (Å²) in [5.41, 5.74) is 0. The van der Waals surface area contributed by atoms with Gasteiger partial charge < -0.3 is 0 Å². The van der Waals surface area contributed by atoms with Crippen LogP contribution in [0.1, 0.15) is 26.7 Å². The number of nitrogens with zero attached hydrogens (tertiary/aromatic N) is 1. The van der Waals surface area contributed by atoms with Gasteiger partial charge >= 0.3 is 6.18 Å². The van der Waals surface area contributed by atoms with Crippen LogP contribution >= 0.6 is 12.6 Å². The van der Waals surface area contributed by atoms with E-state index >= 15 is 0 Å².